The molecule has 0 amide bonds. The van der Waals surface area contributed by atoms with Crippen molar-refractivity contribution in [1.82, 2.24) is 9.97 Å². The average molecular weight is 781 g/mol. The number of nitrogens with zero attached hydrogens (tertiary/aromatic N) is 2. The smallest absolute Gasteiger partial charge is 0.160 e. The lowest BCUT2D eigenvalue weighted by molar-refractivity contribution is 0.768. The third-order valence-corrected chi connectivity index (χ3v) is 13.5. The molecule has 12 rings (SSSR count). The van der Waals surface area contributed by atoms with Crippen LogP contribution in [0.5, 0.6) is 0 Å². The minimum Gasteiger partial charge on any atom is -0.228 e. The molecule has 0 fully saturated rings. The highest BCUT2D eigenvalue weighted by Gasteiger charge is 2.46. The Labute approximate surface area is 352 Å². The van der Waals surface area contributed by atoms with E-state index in [2.05, 4.69) is 218 Å². The van der Waals surface area contributed by atoms with Crippen LogP contribution in [0.1, 0.15) is 22.3 Å². The van der Waals surface area contributed by atoms with Crippen LogP contribution in [0.2, 0.25) is 0 Å². The molecule has 11 aromatic rings. The second-order valence-electron chi connectivity index (χ2n) is 15.7. The fourth-order valence-corrected chi connectivity index (χ4v) is 10.8. The van der Waals surface area contributed by atoms with Gasteiger partial charge in [-0.15, -0.1) is 11.3 Å². The fraction of sp³-hybridized carbons (Fsp3) is 0.0175. The maximum Gasteiger partial charge on any atom is 0.160 e. The first kappa shape index (κ1) is 34.6. The van der Waals surface area contributed by atoms with Crippen molar-refractivity contribution in [3.63, 3.8) is 0 Å². The summed E-state index contributed by atoms with van der Waals surface area (Å²) in [6, 6.07) is 79.3. The van der Waals surface area contributed by atoms with Crippen molar-refractivity contribution in [1.29, 1.82) is 0 Å². The molecule has 2 nitrogen and oxygen atoms in total. The molecule has 0 bridgehead atoms. The van der Waals surface area contributed by atoms with Gasteiger partial charge in [0.2, 0.25) is 0 Å². The third kappa shape index (κ3) is 5.40. The summed E-state index contributed by atoms with van der Waals surface area (Å²) in [4.78, 5) is 10.8. The Bertz CT molecular complexity index is 3400. The Morgan fingerprint density at radius 2 is 0.950 bits per heavy atom. The van der Waals surface area contributed by atoms with Crippen LogP contribution in [0.4, 0.5) is 0 Å². The molecule has 9 aromatic carbocycles. The first-order chi connectivity index (χ1) is 29.7. The average Bonchev–Trinajstić information content (AvgIpc) is 3.86. The van der Waals surface area contributed by atoms with Crippen LogP contribution >= 0.6 is 11.3 Å². The molecule has 0 unspecified atom stereocenters. The van der Waals surface area contributed by atoms with E-state index in [-0.39, 0.29) is 0 Å². The van der Waals surface area contributed by atoms with Gasteiger partial charge in [0.15, 0.2) is 5.82 Å². The first-order valence-electron chi connectivity index (χ1n) is 20.5. The van der Waals surface area contributed by atoms with E-state index < -0.39 is 5.41 Å². The van der Waals surface area contributed by atoms with Crippen molar-refractivity contribution in [3.8, 4) is 56.2 Å². The van der Waals surface area contributed by atoms with Crippen LogP contribution in [0.25, 0.3) is 87.1 Å². The van der Waals surface area contributed by atoms with Crippen LogP contribution in [0, 0.1) is 0 Å². The second kappa shape index (κ2) is 13.8. The minimum atomic E-state index is -0.511. The van der Waals surface area contributed by atoms with Crippen LogP contribution in [0.15, 0.2) is 218 Å². The van der Waals surface area contributed by atoms with Gasteiger partial charge >= 0.3 is 0 Å². The Balaban J connectivity index is 1.08. The van der Waals surface area contributed by atoms with E-state index in [1.165, 1.54) is 70.1 Å². The molecule has 3 heteroatoms. The van der Waals surface area contributed by atoms with Gasteiger partial charge in [-0.3, -0.25) is 0 Å². The molecule has 0 spiro atoms. The van der Waals surface area contributed by atoms with E-state index in [4.69, 9.17) is 9.97 Å². The van der Waals surface area contributed by atoms with E-state index in [9.17, 15) is 0 Å². The summed E-state index contributed by atoms with van der Waals surface area (Å²) in [5, 5.41) is 4.95. The lowest BCUT2D eigenvalue weighted by atomic mass is 9.67. The monoisotopic (exact) mass is 780 g/mol. The Hall–Kier alpha value is -7.46. The predicted molar refractivity (Wildman–Crippen MR) is 251 cm³/mol. The van der Waals surface area contributed by atoms with E-state index in [1.807, 2.05) is 11.3 Å². The summed E-state index contributed by atoms with van der Waals surface area (Å²) in [6.45, 7) is 0. The van der Waals surface area contributed by atoms with Crippen molar-refractivity contribution in [2.75, 3.05) is 0 Å². The Morgan fingerprint density at radius 1 is 0.350 bits per heavy atom. The minimum absolute atomic E-state index is 0.511. The number of hydrogen-bond donors (Lipinski definition) is 0. The maximum absolute atomic E-state index is 5.41. The molecule has 1 aliphatic rings. The number of rotatable bonds is 6. The molecule has 0 N–H and O–H groups in total. The summed E-state index contributed by atoms with van der Waals surface area (Å²) < 4.78 is 2.60. The quantitative estimate of drug-likeness (QED) is 0.168. The zero-order chi connectivity index (χ0) is 39.6. The van der Waals surface area contributed by atoms with E-state index in [0.717, 1.165) is 33.5 Å². The number of thiophene rings is 1. The maximum atomic E-state index is 5.41. The van der Waals surface area contributed by atoms with Crippen molar-refractivity contribution >= 4 is 42.3 Å². The van der Waals surface area contributed by atoms with Gasteiger partial charge in [-0.05, 0) is 91.7 Å². The lowest BCUT2D eigenvalue weighted by Crippen LogP contribution is -2.28. The predicted octanol–water partition coefficient (Wildman–Crippen LogP) is 15.0. The molecule has 2 heterocycles. The molecule has 0 saturated carbocycles. The van der Waals surface area contributed by atoms with E-state index in [0.29, 0.717) is 5.82 Å². The molecule has 0 radical (unpaired) electrons. The van der Waals surface area contributed by atoms with Gasteiger partial charge in [-0.25, -0.2) is 9.97 Å². The molecule has 280 valence electrons. The van der Waals surface area contributed by atoms with Crippen molar-refractivity contribution < 1.29 is 0 Å². The fourth-order valence-electron chi connectivity index (χ4n) is 9.67. The normalized spacial score (nSPS) is 12.8. The summed E-state index contributed by atoms with van der Waals surface area (Å²) in [5.41, 5.74) is 14.3. The summed E-state index contributed by atoms with van der Waals surface area (Å²) in [7, 11) is 0. The second-order valence-corrected chi connectivity index (χ2v) is 16.8. The van der Waals surface area contributed by atoms with E-state index in [1.54, 1.807) is 0 Å². The first-order valence-corrected chi connectivity index (χ1v) is 21.3. The van der Waals surface area contributed by atoms with E-state index >= 15 is 0 Å². The van der Waals surface area contributed by atoms with Crippen molar-refractivity contribution in [2.45, 2.75) is 5.41 Å². The van der Waals surface area contributed by atoms with Gasteiger partial charge in [0.05, 0.1) is 16.8 Å². The van der Waals surface area contributed by atoms with Gasteiger partial charge in [0.25, 0.3) is 0 Å². The summed E-state index contributed by atoms with van der Waals surface area (Å²) in [6.07, 6.45) is 0. The highest BCUT2D eigenvalue weighted by atomic mass is 32.1. The third-order valence-electron chi connectivity index (χ3n) is 12.4. The zero-order valence-electron chi connectivity index (χ0n) is 32.6. The molecule has 2 aromatic heterocycles. The van der Waals surface area contributed by atoms with Crippen LogP contribution < -0.4 is 0 Å². The molecule has 1 aliphatic carbocycles. The number of fused-ring (bicyclic) bond motifs is 7. The van der Waals surface area contributed by atoms with Crippen LogP contribution in [-0.4, -0.2) is 9.97 Å². The summed E-state index contributed by atoms with van der Waals surface area (Å²) in [5.74, 6) is 0.700. The molecular formula is C57H36N2S. The molecular weight excluding hydrogens is 745 g/mol. The number of benzene rings is 9. The summed E-state index contributed by atoms with van der Waals surface area (Å²) >= 11 is 1.85. The van der Waals surface area contributed by atoms with Crippen LogP contribution in [-0.2, 0) is 5.41 Å². The highest BCUT2D eigenvalue weighted by Crippen LogP contribution is 2.56. The van der Waals surface area contributed by atoms with Gasteiger partial charge < -0.3 is 0 Å². The van der Waals surface area contributed by atoms with Gasteiger partial charge in [0, 0.05) is 36.9 Å². The Kier molecular flexibility index (Phi) is 7.97. The standard InChI is InChI=1S/C57H36N2S/c1-3-19-43(20-4-1)57(44-21-5-2-6-22-44)49-26-11-9-23-46(49)47-32-31-41(35-50(47)57)52-36-51(58-56(59-52)42-30-29-37-15-7-8-16-38(37)33-42)40-18-13-17-39(34-40)45-25-14-28-54-55(45)48-24-10-12-27-53(48)60-54/h1-36H. The molecule has 60 heavy (non-hydrogen) atoms. The number of aromatic nitrogens is 2. The largest absolute Gasteiger partial charge is 0.228 e. The molecule has 0 saturated heterocycles. The molecule has 0 aliphatic heterocycles. The van der Waals surface area contributed by atoms with Gasteiger partial charge in [-0.1, -0.05) is 182 Å². The number of hydrogen-bond acceptors (Lipinski definition) is 3. The molecule has 0 atom stereocenters. The van der Waals surface area contributed by atoms with Crippen molar-refractivity contribution in [3.05, 3.63) is 241 Å². The van der Waals surface area contributed by atoms with Crippen LogP contribution in [0.3, 0.4) is 0 Å². The topological polar surface area (TPSA) is 25.8 Å². The van der Waals surface area contributed by atoms with Gasteiger partial charge in [0.1, 0.15) is 0 Å². The van der Waals surface area contributed by atoms with Crippen molar-refractivity contribution in [2.24, 2.45) is 0 Å². The highest BCUT2D eigenvalue weighted by molar-refractivity contribution is 7.25. The van der Waals surface area contributed by atoms with Gasteiger partial charge in [-0.2, -0.15) is 0 Å². The SMILES string of the molecule is c1ccc(C2(c3ccccc3)c3ccccc3-c3ccc(-c4cc(-c5cccc(-c6cccc7sc8ccccc8c67)c5)nc(-c5ccc6ccccc6c5)n4)cc32)cc1. The zero-order valence-corrected chi connectivity index (χ0v) is 33.4. The lowest BCUT2D eigenvalue weighted by Gasteiger charge is -2.34. The Morgan fingerprint density at radius 3 is 1.77 bits per heavy atom.